The molecule has 74 valence electrons. The summed E-state index contributed by atoms with van der Waals surface area (Å²) in [6.45, 7) is 1.89. The van der Waals surface area contributed by atoms with Gasteiger partial charge in [-0.15, -0.1) is 5.10 Å². The number of hydrogen-bond donors (Lipinski definition) is 1. The summed E-state index contributed by atoms with van der Waals surface area (Å²) < 4.78 is 5.38. The van der Waals surface area contributed by atoms with Gasteiger partial charge in [0.05, 0.1) is 6.20 Å². The molecule has 0 fully saturated rings. The number of nitriles is 1. The molecule has 0 aromatic carbocycles. The van der Waals surface area contributed by atoms with Crippen LogP contribution in [0.3, 0.4) is 0 Å². The maximum absolute atomic E-state index is 8.55. The second kappa shape index (κ2) is 3.80. The van der Waals surface area contributed by atoms with Crippen molar-refractivity contribution in [1.82, 2.24) is 15.2 Å². The molecule has 0 spiro atoms. The first-order valence-corrected chi connectivity index (χ1v) is 4.34. The van der Waals surface area contributed by atoms with Crippen molar-refractivity contribution in [3.05, 3.63) is 35.8 Å². The Labute approximate surface area is 86.3 Å². The third-order valence-electron chi connectivity index (χ3n) is 1.76. The zero-order valence-electron chi connectivity index (χ0n) is 8.06. The summed E-state index contributed by atoms with van der Waals surface area (Å²) in [5.41, 5.74) is 1.28. The maximum Gasteiger partial charge on any atom is 0.238 e. The van der Waals surface area contributed by atoms with Crippen LogP contribution in [-0.4, -0.2) is 15.2 Å². The van der Waals surface area contributed by atoms with Crippen LogP contribution < -0.4 is 4.74 Å². The van der Waals surface area contributed by atoms with Gasteiger partial charge in [0.25, 0.3) is 0 Å². The lowest BCUT2D eigenvalue weighted by molar-refractivity contribution is 0.459. The fraction of sp³-hybridized carbons (Fsp3) is 0.100. The van der Waals surface area contributed by atoms with Gasteiger partial charge >= 0.3 is 0 Å². The Hall–Kier alpha value is -2.35. The van der Waals surface area contributed by atoms with Crippen molar-refractivity contribution < 1.29 is 4.74 Å². The smallest absolute Gasteiger partial charge is 0.238 e. The third kappa shape index (κ3) is 2.11. The summed E-state index contributed by atoms with van der Waals surface area (Å²) in [4.78, 5) is 3.88. The first-order valence-electron chi connectivity index (χ1n) is 4.34. The predicted molar refractivity (Wildman–Crippen MR) is 52.4 cm³/mol. The molecule has 0 bridgehead atoms. The molecule has 1 N–H and O–H groups in total. The highest BCUT2D eigenvalue weighted by atomic mass is 16.5. The molecule has 0 aliphatic carbocycles. The van der Waals surface area contributed by atoms with Gasteiger partial charge in [0.1, 0.15) is 17.5 Å². The third-order valence-corrected chi connectivity index (χ3v) is 1.76. The Morgan fingerprint density at radius 3 is 2.87 bits per heavy atom. The van der Waals surface area contributed by atoms with Gasteiger partial charge in [0.2, 0.25) is 5.88 Å². The second-order valence-corrected chi connectivity index (χ2v) is 2.98. The van der Waals surface area contributed by atoms with Crippen LogP contribution in [0.25, 0.3) is 0 Å². The van der Waals surface area contributed by atoms with Crippen LogP contribution >= 0.6 is 0 Å². The highest BCUT2D eigenvalue weighted by Gasteiger charge is 2.01. The topological polar surface area (TPSA) is 74.6 Å². The molecular weight excluding hydrogens is 192 g/mol. The number of nitrogens with zero attached hydrogens (tertiary/aromatic N) is 3. The standard InChI is InChI=1S/C10H8N4O/c1-7-4-10(14-13-7)15-9-3-2-8(5-11)12-6-9/h2-4,6H,1H3,(H,13,14). The van der Waals surface area contributed by atoms with E-state index in [0.29, 0.717) is 17.3 Å². The van der Waals surface area contributed by atoms with E-state index in [1.807, 2.05) is 13.0 Å². The summed E-state index contributed by atoms with van der Waals surface area (Å²) in [5.74, 6) is 1.04. The molecule has 2 heterocycles. The lowest BCUT2D eigenvalue weighted by atomic mass is 10.4. The molecule has 15 heavy (non-hydrogen) atoms. The lowest BCUT2D eigenvalue weighted by Gasteiger charge is -1.99. The summed E-state index contributed by atoms with van der Waals surface area (Å²) in [7, 11) is 0. The largest absolute Gasteiger partial charge is 0.436 e. The summed E-state index contributed by atoms with van der Waals surface area (Å²) in [6.07, 6.45) is 1.49. The highest BCUT2D eigenvalue weighted by Crippen LogP contribution is 2.18. The highest BCUT2D eigenvalue weighted by molar-refractivity contribution is 5.29. The molecule has 0 atom stereocenters. The van der Waals surface area contributed by atoms with E-state index in [1.165, 1.54) is 6.20 Å². The molecule has 0 radical (unpaired) electrons. The number of pyridine rings is 1. The molecular formula is C10H8N4O. The molecule has 0 amide bonds. The molecule has 0 saturated heterocycles. The average Bonchev–Trinajstić information content (AvgIpc) is 2.65. The second-order valence-electron chi connectivity index (χ2n) is 2.98. The molecule has 0 aliphatic rings. The molecule has 0 saturated carbocycles. The maximum atomic E-state index is 8.55. The molecule has 0 aliphatic heterocycles. The number of hydrogen-bond acceptors (Lipinski definition) is 4. The minimum absolute atomic E-state index is 0.362. The molecule has 2 aromatic heterocycles. The van der Waals surface area contributed by atoms with E-state index in [2.05, 4.69) is 15.2 Å². The van der Waals surface area contributed by atoms with Crippen LogP contribution in [0.5, 0.6) is 11.6 Å². The number of aromatic nitrogens is 3. The SMILES string of the molecule is Cc1cc(Oc2ccc(C#N)nc2)n[nH]1. The van der Waals surface area contributed by atoms with E-state index < -0.39 is 0 Å². The van der Waals surface area contributed by atoms with Crippen molar-refractivity contribution in [2.45, 2.75) is 6.92 Å². The Balaban J connectivity index is 2.15. The van der Waals surface area contributed by atoms with Crippen molar-refractivity contribution in [3.8, 4) is 17.7 Å². The monoisotopic (exact) mass is 200 g/mol. The van der Waals surface area contributed by atoms with Gasteiger partial charge in [-0.1, -0.05) is 0 Å². The number of rotatable bonds is 2. The molecule has 5 nitrogen and oxygen atoms in total. The van der Waals surface area contributed by atoms with Gasteiger partial charge in [-0.3, -0.25) is 5.10 Å². The van der Waals surface area contributed by atoms with E-state index in [9.17, 15) is 0 Å². The van der Waals surface area contributed by atoms with Crippen molar-refractivity contribution in [2.24, 2.45) is 0 Å². The molecule has 0 unspecified atom stereocenters. The van der Waals surface area contributed by atoms with Crippen LogP contribution in [0, 0.1) is 18.3 Å². The number of aryl methyl sites for hydroxylation is 1. The summed E-state index contributed by atoms with van der Waals surface area (Å²) in [6, 6.07) is 6.98. The van der Waals surface area contributed by atoms with E-state index in [1.54, 1.807) is 18.2 Å². The Morgan fingerprint density at radius 2 is 2.33 bits per heavy atom. The van der Waals surface area contributed by atoms with Gasteiger partial charge in [-0.25, -0.2) is 4.98 Å². The van der Waals surface area contributed by atoms with Crippen LogP contribution in [-0.2, 0) is 0 Å². The van der Waals surface area contributed by atoms with Gasteiger partial charge in [-0.05, 0) is 19.1 Å². The van der Waals surface area contributed by atoms with Crippen LogP contribution in [0.1, 0.15) is 11.4 Å². The Kier molecular flexibility index (Phi) is 2.33. The first kappa shape index (κ1) is 9.21. The minimum atomic E-state index is 0.362. The Morgan fingerprint density at radius 1 is 1.47 bits per heavy atom. The molecule has 5 heteroatoms. The Bertz CT molecular complexity index is 495. The van der Waals surface area contributed by atoms with Crippen LogP contribution in [0.4, 0.5) is 0 Å². The zero-order chi connectivity index (χ0) is 10.7. The zero-order valence-corrected chi connectivity index (χ0v) is 8.06. The van der Waals surface area contributed by atoms with Gasteiger partial charge in [-0.2, -0.15) is 5.26 Å². The first-order chi connectivity index (χ1) is 7.28. The normalized spacial score (nSPS) is 9.60. The van der Waals surface area contributed by atoms with Crippen LogP contribution in [0.15, 0.2) is 24.4 Å². The van der Waals surface area contributed by atoms with Gasteiger partial charge < -0.3 is 4.74 Å². The van der Waals surface area contributed by atoms with Gasteiger partial charge in [0, 0.05) is 11.8 Å². The van der Waals surface area contributed by atoms with Crippen LogP contribution in [0.2, 0.25) is 0 Å². The average molecular weight is 200 g/mol. The number of ether oxygens (including phenoxy) is 1. The van der Waals surface area contributed by atoms with Gasteiger partial charge in [0.15, 0.2) is 0 Å². The number of H-pyrrole nitrogens is 1. The van der Waals surface area contributed by atoms with Crippen molar-refractivity contribution >= 4 is 0 Å². The van der Waals surface area contributed by atoms with Crippen molar-refractivity contribution in [1.29, 1.82) is 5.26 Å². The quantitative estimate of drug-likeness (QED) is 0.801. The fourth-order valence-corrected chi connectivity index (χ4v) is 1.07. The fourth-order valence-electron chi connectivity index (χ4n) is 1.07. The number of aromatic amines is 1. The van der Waals surface area contributed by atoms with E-state index >= 15 is 0 Å². The molecule has 2 aromatic rings. The summed E-state index contributed by atoms with van der Waals surface area (Å²) in [5, 5.41) is 15.2. The van der Waals surface area contributed by atoms with E-state index in [4.69, 9.17) is 10.00 Å². The van der Waals surface area contributed by atoms with E-state index in [-0.39, 0.29) is 0 Å². The lowest BCUT2D eigenvalue weighted by Crippen LogP contribution is -1.87. The minimum Gasteiger partial charge on any atom is -0.436 e. The van der Waals surface area contributed by atoms with Crippen molar-refractivity contribution in [3.63, 3.8) is 0 Å². The van der Waals surface area contributed by atoms with E-state index in [0.717, 1.165) is 5.69 Å². The summed E-state index contributed by atoms with van der Waals surface area (Å²) >= 11 is 0. The number of nitrogens with one attached hydrogen (secondary N) is 1. The predicted octanol–water partition coefficient (Wildman–Crippen LogP) is 1.78. The molecule has 2 rings (SSSR count). The van der Waals surface area contributed by atoms with Crippen molar-refractivity contribution in [2.75, 3.05) is 0 Å².